The number of carboxylic acid groups (broad SMARTS) is 1. The van der Waals surface area contributed by atoms with E-state index in [0.717, 1.165) is 6.42 Å². The summed E-state index contributed by atoms with van der Waals surface area (Å²) in [6, 6.07) is 0. The molecule has 4 nitrogen and oxygen atoms in total. The number of hydrogen-bond acceptors (Lipinski definition) is 3. The SMILES string of the molecule is CCc1nc(C(=O)O)c(CC2CC2)o1. The van der Waals surface area contributed by atoms with Crippen molar-refractivity contribution in [2.75, 3.05) is 0 Å². The van der Waals surface area contributed by atoms with E-state index in [2.05, 4.69) is 4.98 Å². The standard InChI is InChI=1S/C10H13NO3/c1-2-8-11-9(10(12)13)7(14-8)5-6-3-4-6/h6H,2-5H2,1H3,(H,12,13). The number of aromatic carboxylic acids is 1. The molecule has 1 aromatic rings. The molecule has 0 unspecified atom stereocenters. The Hall–Kier alpha value is -1.32. The first kappa shape index (κ1) is 9.24. The molecule has 1 aliphatic carbocycles. The second-order valence-electron chi connectivity index (χ2n) is 3.69. The minimum atomic E-state index is -0.982. The molecule has 76 valence electrons. The number of aryl methyl sites for hydroxylation is 1. The summed E-state index contributed by atoms with van der Waals surface area (Å²) in [4.78, 5) is 14.8. The number of nitrogens with zero attached hydrogens (tertiary/aromatic N) is 1. The van der Waals surface area contributed by atoms with Crippen molar-refractivity contribution in [2.24, 2.45) is 5.92 Å². The van der Waals surface area contributed by atoms with Gasteiger partial charge < -0.3 is 9.52 Å². The molecule has 0 aromatic carbocycles. The third kappa shape index (κ3) is 1.78. The van der Waals surface area contributed by atoms with E-state index in [-0.39, 0.29) is 5.69 Å². The van der Waals surface area contributed by atoms with Crippen LogP contribution in [0.2, 0.25) is 0 Å². The molecular weight excluding hydrogens is 182 g/mol. The van der Waals surface area contributed by atoms with E-state index >= 15 is 0 Å². The van der Waals surface area contributed by atoms with Gasteiger partial charge in [0.1, 0.15) is 5.76 Å². The summed E-state index contributed by atoms with van der Waals surface area (Å²) in [5.74, 6) is 0.713. The van der Waals surface area contributed by atoms with Gasteiger partial charge in [-0.2, -0.15) is 0 Å². The van der Waals surface area contributed by atoms with Crippen molar-refractivity contribution in [1.29, 1.82) is 0 Å². The smallest absolute Gasteiger partial charge is 0.358 e. The summed E-state index contributed by atoms with van der Waals surface area (Å²) >= 11 is 0. The zero-order valence-electron chi connectivity index (χ0n) is 8.12. The van der Waals surface area contributed by atoms with E-state index in [0.29, 0.717) is 24.0 Å². The molecule has 0 bridgehead atoms. The molecule has 2 rings (SSSR count). The van der Waals surface area contributed by atoms with E-state index in [1.807, 2.05) is 6.92 Å². The molecule has 4 heteroatoms. The Morgan fingerprint density at radius 2 is 2.36 bits per heavy atom. The van der Waals surface area contributed by atoms with Gasteiger partial charge in [-0.1, -0.05) is 6.92 Å². The van der Waals surface area contributed by atoms with Crippen LogP contribution >= 0.6 is 0 Å². The van der Waals surface area contributed by atoms with Crippen molar-refractivity contribution in [3.8, 4) is 0 Å². The zero-order valence-corrected chi connectivity index (χ0v) is 8.12. The average Bonchev–Trinajstić information content (AvgIpc) is 2.83. The van der Waals surface area contributed by atoms with Gasteiger partial charge in [-0.05, 0) is 18.8 Å². The summed E-state index contributed by atoms with van der Waals surface area (Å²) in [6.45, 7) is 1.90. The molecule has 0 amide bonds. The largest absolute Gasteiger partial charge is 0.476 e. The normalized spacial score (nSPS) is 15.8. The first-order valence-corrected chi connectivity index (χ1v) is 4.92. The highest BCUT2D eigenvalue weighted by Crippen LogP contribution is 2.33. The first-order chi connectivity index (χ1) is 6.70. The highest BCUT2D eigenvalue weighted by Gasteiger charge is 2.27. The maximum absolute atomic E-state index is 10.8. The van der Waals surface area contributed by atoms with Crippen LogP contribution in [0.5, 0.6) is 0 Å². The van der Waals surface area contributed by atoms with E-state index in [9.17, 15) is 4.79 Å². The minimum Gasteiger partial charge on any atom is -0.476 e. The predicted molar refractivity (Wildman–Crippen MR) is 49.3 cm³/mol. The van der Waals surface area contributed by atoms with Gasteiger partial charge in [0.25, 0.3) is 0 Å². The lowest BCUT2D eigenvalue weighted by molar-refractivity contribution is 0.0688. The fraction of sp³-hybridized carbons (Fsp3) is 0.600. The van der Waals surface area contributed by atoms with E-state index in [1.165, 1.54) is 12.8 Å². The molecule has 1 fully saturated rings. The van der Waals surface area contributed by atoms with Crippen molar-refractivity contribution in [1.82, 2.24) is 4.98 Å². The lowest BCUT2D eigenvalue weighted by Crippen LogP contribution is -2.01. The topological polar surface area (TPSA) is 63.3 Å². The molecule has 1 aliphatic rings. The third-order valence-electron chi connectivity index (χ3n) is 2.42. The Balaban J connectivity index is 2.24. The van der Waals surface area contributed by atoms with Crippen molar-refractivity contribution in [2.45, 2.75) is 32.6 Å². The molecule has 0 aliphatic heterocycles. The Morgan fingerprint density at radius 1 is 1.64 bits per heavy atom. The number of carbonyl (C=O) groups is 1. The molecular formula is C10H13NO3. The maximum atomic E-state index is 10.8. The van der Waals surface area contributed by atoms with Crippen LogP contribution in [-0.4, -0.2) is 16.1 Å². The zero-order chi connectivity index (χ0) is 10.1. The Bertz CT molecular complexity index is 352. The minimum absolute atomic E-state index is 0.105. The van der Waals surface area contributed by atoms with E-state index in [1.54, 1.807) is 0 Å². The monoisotopic (exact) mass is 195 g/mol. The van der Waals surface area contributed by atoms with Gasteiger partial charge in [0, 0.05) is 12.8 Å². The van der Waals surface area contributed by atoms with Crippen LogP contribution in [0.1, 0.15) is 41.9 Å². The Labute approximate surface area is 81.9 Å². The van der Waals surface area contributed by atoms with Crippen LogP contribution in [0.3, 0.4) is 0 Å². The summed E-state index contributed by atoms with van der Waals surface area (Å²) in [5, 5.41) is 8.89. The van der Waals surface area contributed by atoms with Gasteiger partial charge in [0.2, 0.25) is 0 Å². The quantitative estimate of drug-likeness (QED) is 0.796. The second kappa shape index (κ2) is 3.44. The lowest BCUT2D eigenvalue weighted by Gasteiger charge is -1.93. The van der Waals surface area contributed by atoms with Crippen molar-refractivity contribution < 1.29 is 14.3 Å². The van der Waals surface area contributed by atoms with Crippen LogP contribution in [0.15, 0.2) is 4.42 Å². The van der Waals surface area contributed by atoms with Gasteiger partial charge in [0.05, 0.1) is 0 Å². The van der Waals surface area contributed by atoms with Crippen molar-refractivity contribution >= 4 is 5.97 Å². The Morgan fingerprint density at radius 3 is 2.86 bits per heavy atom. The molecule has 0 spiro atoms. The molecule has 1 heterocycles. The number of oxazole rings is 1. The Kier molecular flexibility index (Phi) is 2.27. The number of carboxylic acids is 1. The molecule has 1 aromatic heterocycles. The van der Waals surface area contributed by atoms with Crippen LogP contribution in [0.25, 0.3) is 0 Å². The maximum Gasteiger partial charge on any atom is 0.358 e. The third-order valence-corrected chi connectivity index (χ3v) is 2.42. The van der Waals surface area contributed by atoms with Gasteiger partial charge >= 0.3 is 5.97 Å². The molecule has 1 N–H and O–H groups in total. The summed E-state index contributed by atoms with van der Waals surface area (Å²) in [6.07, 6.45) is 3.74. The van der Waals surface area contributed by atoms with Crippen LogP contribution in [0.4, 0.5) is 0 Å². The van der Waals surface area contributed by atoms with Crippen molar-refractivity contribution in [3.63, 3.8) is 0 Å². The first-order valence-electron chi connectivity index (χ1n) is 4.92. The second-order valence-corrected chi connectivity index (χ2v) is 3.69. The molecule has 14 heavy (non-hydrogen) atoms. The number of aromatic nitrogens is 1. The summed E-state index contributed by atoms with van der Waals surface area (Å²) < 4.78 is 5.38. The highest BCUT2D eigenvalue weighted by atomic mass is 16.4. The summed E-state index contributed by atoms with van der Waals surface area (Å²) in [5.41, 5.74) is 0.105. The predicted octanol–water partition coefficient (Wildman–Crippen LogP) is 1.89. The molecule has 0 radical (unpaired) electrons. The average molecular weight is 195 g/mol. The van der Waals surface area contributed by atoms with Crippen LogP contribution in [-0.2, 0) is 12.8 Å². The van der Waals surface area contributed by atoms with Gasteiger partial charge in [-0.15, -0.1) is 0 Å². The van der Waals surface area contributed by atoms with Gasteiger partial charge in [0.15, 0.2) is 11.6 Å². The molecule has 0 atom stereocenters. The summed E-state index contributed by atoms with van der Waals surface area (Å²) in [7, 11) is 0. The van der Waals surface area contributed by atoms with Crippen molar-refractivity contribution in [3.05, 3.63) is 17.3 Å². The molecule has 1 saturated carbocycles. The highest BCUT2D eigenvalue weighted by molar-refractivity contribution is 5.86. The van der Waals surface area contributed by atoms with E-state index < -0.39 is 5.97 Å². The number of hydrogen-bond donors (Lipinski definition) is 1. The van der Waals surface area contributed by atoms with E-state index in [4.69, 9.17) is 9.52 Å². The molecule has 0 saturated heterocycles. The van der Waals surface area contributed by atoms with Gasteiger partial charge in [-0.3, -0.25) is 0 Å². The van der Waals surface area contributed by atoms with Crippen LogP contribution < -0.4 is 0 Å². The number of rotatable bonds is 4. The fourth-order valence-corrected chi connectivity index (χ4v) is 1.44. The van der Waals surface area contributed by atoms with Crippen LogP contribution in [0, 0.1) is 5.92 Å². The lowest BCUT2D eigenvalue weighted by atomic mass is 10.2. The van der Waals surface area contributed by atoms with Gasteiger partial charge in [-0.25, -0.2) is 9.78 Å². The fourth-order valence-electron chi connectivity index (χ4n) is 1.44.